The molecule has 27 heavy (non-hydrogen) atoms. The number of aliphatic imine (C=N–C) groups is 2. The van der Waals surface area contributed by atoms with Crippen molar-refractivity contribution in [2.45, 2.75) is 37.1 Å². The molecule has 5 nitrogen and oxygen atoms in total. The highest BCUT2D eigenvalue weighted by Crippen LogP contribution is 2.40. The van der Waals surface area contributed by atoms with Crippen LogP contribution in [0.4, 0.5) is 0 Å². The second-order valence-electron chi connectivity index (χ2n) is 7.66. The molecule has 4 aliphatic rings. The molecule has 5 heteroatoms. The summed E-state index contributed by atoms with van der Waals surface area (Å²) < 4.78 is 12.1. The Morgan fingerprint density at radius 3 is 1.74 bits per heavy atom. The summed E-state index contributed by atoms with van der Waals surface area (Å²) in [6.45, 7) is 1.23. The Hall–Kier alpha value is -2.66. The van der Waals surface area contributed by atoms with Gasteiger partial charge in [-0.3, -0.25) is 0 Å². The van der Waals surface area contributed by atoms with Gasteiger partial charge < -0.3 is 14.8 Å². The van der Waals surface area contributed by atoms with Gasteiger partial charge in [0.15, 0.2) is 11.8 Å². The molecule has 1 N–H and O–H groups in total. The fourth-order valence-electron chi connectivity index (χ4n) is 4.76. The number of nitrogens with one attached hydrogen (secondary N) is 1. The Morgan fingerprint density at radius 1 is 0.741 bits per heavy atom. The Balaban J connectivity index is 1.08. The predicted molar refractivity (Wildman–Crippen MR) is 103 cm³/mol. The Kier molecular flexibility index (Phi) is 3.38. The van der Waals surface area contributed by atoms with E-state index < -0.39 is 0 Å². The number of hydrogen-bond donors (Lipinski definition) is 1. The molecule has 4 atom stereocenters. The number of rotatable bonds is 4. The number of fused-ring (bicyclic) bond motifs is 6. The topological polar surface area (TPSA) is 55.2 Å². The molecule has 2 aliphatic carbocycles. The molecule has 0 saturated heterocycles. The van der Waals surface area contributed by atoms with Gasteiger partial charge in [0.2, 0.25) is 0 Å². The summed E-state index contributed by atoms with van der Waals surface area (Å²) >= 11 is 0. The first kappa shape index (κ1) is 15.4. The van der Waals surface area contributed by atoms with Gasteiger partial charge in [-0.05, 0) is 22.3 Å². The smallest absolute Gasteiger partial charge is 0.198 e. The molecule has 136 valence electrons. The van der Waals surface area contributed by atoms with Crippen molar-refractivity contribution in [3.05, 3.63) is 70.8 Å². The van der Waals surface area contributed by atoms with Crippen LogP contribution in [-0.4, -0.2) is 37.1 Å². The maximum Gasteiger partial charge on any atom is 0.198 e. The fraction of sp³-hybridized carbons (Fsp3) is 0.364. The van der Waals surface area contributed by atoms with Gasteiger partial charge in [-0.2, -0.15) is 0 Å². The molecule has 2 aromatic rings. The van der Waals surface area contributed by atoms with Gasteiger partial charge in [0.1, 0.15) is 24.3 Å². The molecule has 2 heterocycles. The Morgan fingerprint density at radius 2 is 1.22 bits per heavy atom. The van der Waals surface area contributed by atoms with Gasteiger partial charge in [-0.25, -0.2) is 9.98 Å². The maximum atomic E-state index is 6.06. The molecule has 0 unspecified atom stereocenters. The van der Waals surface area contributed by atoms with Crippen molar-refractivity contribution in [1.82, 2.24) is 5.32 Å². The fourth-order valence-corrected chi connectivity index (χ4v) is 4.76. The lowest BCUT2D eigenvalue weighted by Crippen LogP contribution is -2.30. The van der Waals surface area contributed by atoms with Crippen molar-refractivity contribution in [1.29, 1.82) is 0 Å². The average molecular weight is 359 g/mol. The van der Waals surface area contributed by atoms with Crippen LogP contribution in [0.3, 0.4) is 0 Å². The van der Waals surface area contributed by atoms with Crippen LogP contribution in [0, 0.1) is 0 Å². The quantitative estimate of drug-likeness (QED) is 0.913. The second kappa shape index (κ2) is 5.92. The van der Waals surface area contributed by atoms with Crippen LogP contribution in [-0.2, 0) is 22.3 Å². The van der Waals surface area contributed by atoms with Crippen molar-refractivity contribution < 1.29 is 9.47 Å². The molecule has 0 aromatic heterocycles. The SMILES string of the molecule is c1ccc2c(c1)C[C@H]1OC(CNCC3=N[C@H]4c5ccccc5C[C@H]4O3)=N[C@@H]21. The zero-order chi connectivity index (χ0) is 17.8. The van der Waals surface area contributed by atoms with Crippen LogP contribution in [0.15, 0.2) is 58.5 Å². The summed E-state index contributed by atoms with van der Waals surface area (Å²) in [5.74, 6) is 1.59. The molecular formula is C22H21N3O2. The van der Waals surface area contributed by atoms with E-state index in [4.69, 9.17) is 19.5 Å². The third-order valence-corrected chi connectivity index (χ3v) is 5.99. The zero-order valence-corrected chi connectivity index (χ0v) is 15.0. The molecule has 0 saturated carbocycles. The summed E-state index contributed by atoms with van der Waals surface area (Å²) in [4.78, 5) is 9.59. The molecule has 0 radical (unpaired) electrons. The van der Waals surface area contributed by atoms with Crippen molar-refractivity contribution in [3.63, 3.8) is 0 Å². The summed E-state index contributed by atoms with van der Waals surface area (Å²) in [5, 5.41) is 3.38. The number of nitrogens with zero attached hydrogens (tertiary/aromatic N) is 2. The molecule has 2 aliphatic heterocycles. The van der Waals surface area contributed by atoms with E-state index in [-0.39, 0.29) is 24.3 Å². The zero-order valence-electron chi connectivity index (χ0n) is 15.0. The van der Waals surface area contributed by atoms with E-state index >= 15 is 0 Å². The highest BCUT2D eigenvalue weighted by atomic mass is 16.5. The minimum Gasteiger partial charge on any atom is -0.474 e. The van der Waals surface area contributed by atoms with E-state index in [0.717, 1.165) is 24.6 Å². The van der Waals surface area contributed by atoms with Crippen LogP contribution in [0.5, 0.6) is 0 Å². The summed E-state index contributed by atoms with van der Waals surface area (Å²) in [5.41, 5.74) is 5.35. The highest BCUT2D eigenvalue weighted by Gasteiger charge is 2.40. The molecule has 0 amide bonds. The van der Waals surface area contributed by atoms with Gasteiger partial charge >= 0.3 is 0 Å². The first-order chi connectivity index (χ1) is 13.3. The largest absolute Gasteiger partial charge is 0.474 e. The minimum absolute atomic E-state index is 0.161. The first-order valence-corrected chi connectivity index (χ1v) is 9.68. The van der Waals surface area contributed by atoms with E-state index in [0.29, 0.717) is 13.1 Å². The van der Waals surface area contributed by atoms with E-state index in [1.807, 2.05) is 0 Å². The van der Waals surface area contributed by atoms with E-state index in [1.54, 1.807) is 0 Å². The normalized spacial score (nSPS) is 29.2. The maximum absolute atomic E-state index is 6.06. The predicted octanol–water partition coefficient (Wildman–Crippen LogP) is 2.77. The van der Waals surface area contributed by atoms with Crippen molar-refractivity contribution in [2.75, 3.05) is 13.1 Å². The first-order valence-electron chi connectivity index (χ1n) is 9.68. The molecule has 0 fully saturated rings. The van der Waals surface area contributed by atoms with Gasteiger partial charge in [-0.15, -0.1) is 0 Å². The molecular weight excluding hydrogens is 338 g/mol. The van der Waals surface area contributed by atoms with Crippen molar-refractivity contribution in [2.24, 2.45) is 9.98 Å². The van der Waals surface area contributed by atoms with Gasteiger partial charge in [0.25, 0.3) is 0 Å². The lowest BCUT2D eigenvalue weighted by molar-refractivity contribution is 0.199. The number of hydrogen-bond acceptors (Lipinski definition) is 5. The third-order valence-electron chi connectivity index (χ3n) is 5.99. The standard InChI is InChI=1S/C22H21N3O2/c1-3-7-15-13(5-1)9-17-21(15)24-19(26-17)11-23-12-20-25-22-16-8-4-2-6-14(16)10-18(22)27-20/h1-8,17-18,21-23H,9-12H2/t17-,18-,21+,22+/m1/s1. The number of benzene rings is 2. The Bertz CT molecular complexity index is 890. The van der Waals surface area contributed by atoms with E-state index in [2.05, 4.69) is 53.8 Å². The van der Waals surface area contributed by atoms with Gasteiger partial charge in [0.05, 0.1) is 13.1 Å². The van der Waals surface area contributed by atoms with Crippen molar-refractivity contribution in [3.8, 4) is 0 Å². The van der Waals surface area contributed by atoms with Crippen LogP contribution in [0.1, 0.15) is 34.3 Å². The molecule has 6 rings (SSSR count). The van der Waals surface area contributed by atoms with Crippen LogP contribution in [0.2, 0.25) is 0 Å². The lowest BCUT2D eigenvalue weighted by Gasteiger charge is -2.11. The Labute approximate surface area is 158 Å². The summed E-state index contributed by atoms with van der Waals surface area (Å²) in [7, 11) is 0. The molecule has 2 aromatic carbocycles. The van der Waals surface area contributed by atoms with E-state index in [9.17, 15) is 0 Å². The average Bonchev–Trinajstić information content (AvgIpc) is 3.40. The van der Waals surface area contributed by atoms with Crippen LogP contribution < -0.4 is 5.32 Å². The lowest BCUT2D eigenvalue weighted by atomic mass is 10.1. The summed E-state index contributed by atoms with van der Waals surface area (Å²) in [6, 6.07) is 17.3. The highest BCUT2D eigenvalue weighted by molar-refractivity contribution is 5.83. The minimum atomic E-state index is 0.161. The summed E-state index contributed by atoms with van der Waals surface area (Å²) in [6.07, 6.45) is 2.23. The monoisotopic (exact) mass is 359 g/mol. The molecule has 0 spiro atoms. The number of ether oxygens (including phenoxy) is 2. The molecule has 0 bridgehead atoms. The van der Waals surface area contributed by atoms with Crippen LogP contribution in [0.25, 0.3) is 0 Å². The van der Waals surface area contributed by atoms with Gasteiger partial charge in [0, 0.05) is 12.8 Å². The van der Waals surface area contributed by atoms with E-state index in [1.165, 1.54) is 22.3 Å². The third kappa shape index (κ3) is 2.49. The van der Waals surface area contributed by atoms with Crippen LogP contribution >= 0.6 is 0 Å². The second-order valence-corrected chi connectivity index (χ2v) is 7.66. The van der Waals surface area contributed by atoms with Crippen molar-refractivity contribution >= 4 is 11.8 Å². The van der Waals surface area contributed by atoms with Gasteiger partial charge in [-0.1, -0.05) is 48.5 Å².